The maximum Gasteiger partial charge on any atom is 0.269 e. The fourth-order valence-corrected chi connectivity index (χ4v) is 1.60. The molecule has 0 radical (unpaired) electrons. The van der Waals surface area contributed by atoms with E-state index in [2.05, 4.69) is 0 Å². The maximum atomic E-state index is 11.8. The van der Waals surface area contributed by atoms with Gasteiger partial charge in [-0.05, 0) is 12.1 Å². The Bertz CT molecular complexity index is 502. The van der Waals surface area contributed by atoms with Crippen molar-refractivity contribution in [1.82, 2.24) is 0 Å². The normalized spacial score (nSPS) is 16.8. The number of aliphatic hydroxyl groups excluding tert-OH is 5. The summed E-state index contributed by atoms with van der Waals surface area (Å²) in [4.78, 5) is 21.7. The molecule has 0 saturated carbocycles. The van der Waals surface area contributed by atoms with E-state index in [1.165, 1.54) is 0 Å². The van der Waals surface area contributed by atoms with Gasteiger partial charge in [-0.3, -0.25) is 14.9 Å². The van der Waals surface area contributed by atoms with E-state index in [4.69, 9.17) is 10.2 Å². The number of hydrogen-bond acceptors (Lipinski definition) is 8. The third-order valence-electron chi connectivity index (χ3n) is 2.89. The Hall–Kier alpha value is -1.91. The van der Waals surface area contributed by atoms with Gasteiger partial charge in [0.2, 0.25) is 0 Å². The molecule has 0 fully saturated rings. The van der Waals surface area contributed by atoms with E-state index in [1.807, 2.05) is 0 Å². The summed E-state index contributed by atoms with van der Waals surface area (Å²) in [5, 5.41) is 56.8. The summed E-state index contributed by atoms with van der Waals surface area (Å²) in [6.45, 7) is -0.864. The fourth-order valence-electron chi connectivity index (χ4n) is 1.60. The molecule has 21 heavy (non-hydrogen) atoms. The highest BCUT2D eigenvalue weighted by molar-refractivity contribution is 5.99. The van der Waals surface area contributed by atoms with Crippen molar-refractivity contribution < 1.29 is 35.3 Å². The van der Waals surface area contributed by atoms with Crippen molar-refractivity contribution in [3.63, 3.8) is 0 Å². The van der Waals surface area contributed by atoms with Gasteiger partial charge < -0.3 is 25.5 Å². The molecular formula is C12H15NO8. The van der Waals surface area contributed by atoms with E-state index in [-0.39, 0.29) is 11.3 Å². The minimum absolute atomic E-state index is 0.113. The van der Waals surface area contributed by atoms with Crippen molar-refractivity contribution in [3.8, 4) is 0 Å². The van der Waals surface area contributed by atoms with Crippen LogP contribution in [0.5, 0.6) is 0 Å². The minimum Gasteiger partial charge on any atom is -0.394 e. The Labute approximate surface area is 118 Å². The lowest BCUT2D eigenvalue weighted by atomic mass is 9.96. The molecule has 0 unspecified atom stereocenters. The Morgan fingerprint density at radius 2 is 1.62 bits per heavy atom. The molecule has 1 rings (SSSR count). The Kier molecular flexibility index (Phi) is 5.88. The highest BCUT2D eigenvalue weighted by Crippen LogP contribution is 2.15. The number of benzene rings is 1. The molecule has 9 nitrogen and oxygen atoms in total. The monoisotopic (exact) mass is 301 g/mol. The van der Waals surface area contributed by atoms with Gasteiger partial charge in [-0.1, -0.05) is 0 Å². The molecule has 0 aliphatic carbocycles. The first-order valence-electron chi connectivity index (χ1n) is 5.91. The Morgan fingerprint density at radius 1 is 1.10 bits per heavy atom. The quantitative estimate of drug-likeness (QED) is 0.224. The summed E-state index contributed by atoms with van der Waals surface area (Å²) in [5.41, 5.74) is -0.366. The first-order valence-corrected chi connectivity index (χ1v) is 5.91. The number of rotatable bonds is 7. The van der Waals surface area contributed by atoms with E-state index < -0.39 is 41.7 Å². The van der Waals surface area contributed by atoms with Crippen molar-refractivity contribution in [2.24, 2.45) is 0 Å². The van der Waals surface area contributed by atoms with Gasteiger partial charge in [-0.25, -0.2) is 0 Å². The van der Waals surface area contributed by atoms with Crippen LogP contribution in [0.15, 0.2) is 24.3 Å². The molecule has 0 bridgehead atoms. The van der Waals surface area contributed by atoms with Gasteiger partial charge in [0.1, 0.15) is 24.4 Å². The summed E-state index contributed by atoms with van der Waals surface area (Å²) in [6, 6.07) is 4.27. The van der Waals surface area contributed by atoms with Gasteiger partial charge in [-0.2, -0.15) is 0 Å². The second kappa shape index (κ2) is 7.20. The van der Waals surface area contributed by atoms with Gasteiger partial charge in [0.25, 0.3) is 5.69 Å². The topological polar surface area (TPSA) is 161 Å². The minimum atomic E-state index is -2.05. The molecule has 5 N–H and O–H groups in total. The molecular weight excluding hydrogens is 286 g/mol. The van der Waals surface area contributed by atoms with Crippen LogP contribution < -0.4 is 0 Å². The lowest BCUT2D eigenvalue weighted by Crippen LogP contribution is -2.48. The van der Waals surface area contributed by atoms with Crippen molar-refractivity contribution in [3.05, 3.63) is 39.9 Å². The number of carbonyl (C=O) groups excluding carboxylic acids is 1. The van der Waals surface area contributed by atoms with Crippen molar-refractivity contribution in [2.75, 3.05) is 6.61 Å². The molecule has 0 amide bonds. The number of ketones is 1. The molecule has 9 heteroatoms. The number of nitro groups is 1. The van der Waals surface area contributed by atoms with Crippen LogP contribution in [0.1, 0.15) is 10.4 Å². The lowest BCUT2D eigenvalue weighted by molar-refractivity contribution is -0.384. The van der Waals surface area contributed by atoms with Crippen LogP contribution in [-0.2, 0) is 0 Å². The zero-order valence-electron chi connectivity index (χ0n) is 10.7. The van der Waals surface area contributed by atoms with Crippen molar-refractivity contribution >= 4 is 11.5 Å². The zero-order chi connectivity index (χ0) is 16.2. The number of Topliss-reactive ketones (excluding diaryl/α,β-unsaturated/α-hetero) is 1. The largest absolute Gasteiger partial charge is 0.394 e. The van der Waals surface area contributed by atoms with Crippen LogP contribution in [0.3, 0.4) is 0 Å². The molecule has 0 saturated heterocycles. The number of aliphatic hydroxyl groups is 5. The first kappa shape index (κ1) is 17.1. The van der Waals surface area contributed by atoms with E-state index >= 15 is 0 Å². The first-order chi connectivity index (χ1) is 9.79. The third-order valence-corrected chi connectivity index (χ3v) is 2.89. The van der Waals surface area contributed by atoms with E-state index in [0.717, 1.165) is 24.3 Å². The molecule has 0 heterocycles. The Balaban J connectivity index is 2.84. The number of nitrogens with zero attached hydrogens (tertiary/aromatic N) is 1. The molecule has 0 spiro atoms. The average Bonchev–Trinajstić information content (AvgIpc) is 2.51. The average molecular weight is 301 g/mol. The molecule has 4 atom stereocenters. The third kappa shape index (κ3) is 4.03. The van der Waals surface area contributed by atoms with Crippen LogP contribution in [0.4, 0.5) is 5.69 Å². The highest BCUT2D eigenvalue weighted by atomic mass is 16.6. The standard InChI is InChI=1S/C12H15NO8/c14-5-8(15)10(17)12(19)11(18)9(16)6-1-3-7(4-2-6)13(20)21/h1-4,8,10-12,14-15,17-19H,5H2/t8-,10-,11+,12+/m1/s1. The number of non-ortho nitro benzene ring substituents is 1. The van der Waals surface area contributed by atoms with Crippen molar-refractivity contribution in [1.29, 1.82) is 0 Å². The summed E-state index contributed by atoms with van der Waals surface area (Å²) in [7, 11) is 0. The predicted octanol–water partition coefficient (Wildman–Crippen LogP) is -1.79. The number of nitro benzene ring substituents is 1. The molecule has 0 aliphatic rings. The van der Waals surface area contributed by atoms with Crippen LogP contribution in [0.25, 0.3) is 0 Å². The number of hydrogen-bond donors (Lipinski definition) is 5. The van der Waals surface area contributed by atoms with Gasteiger partial charge in [0, 0.05) is 17.7 Å². The summed E-state index contributed by atoms with van der Waals surface area (Å²) in [6.07, 6.45) is -7.72. The summed E-state index contributed by atoms with van der Waals surface area (Å²) in [5.74, 6) is -0.985. The fraction of sp³-hybridized carbons (Fsp3) is 0.417. The SMILES string of the molecule is O=C(c1ccc([N+](=O)[O-])cc1)[C@H](O)[C@@H](O)[C@H](O)[C@H](O)CO. The Morgan fingerprint density at radius 3 is 2.05 bits per heavy atom. The van der Waals surface area contributed by atoms with Gasteiger partial charge in [0.15, 0.2) is 5.78 Å². The van der Waals surface area contributed by atoms with Gasteiger partial charge in [-0.15, -0.1) is 0 Å². The lowest BCUT2D eigenvalue weighted by Gasteiger charge is -2.24. The summed E-state index contributed by atoms with van der Waals surface area (Å²) < 4.78 is 0. The molecule has 1 aromatic carbocycles. The molecule has 0 aliphatic heterocycles. The zero-order valence-corrected chi connectivity index (χ0v) is 10.7. The van der Waals surface area contributed by atoms with Gasteiger partial charge >= 0.3 is 0 Å². The van der Waals surface area contributed by atoms with Gasteiger partial charge in [0.05, 0.1) is 11.5 Å². The predicted molar refractivity (Wildman–Crippen MR) is 68.5 cm³/mol. The molecule has 116 valence electrons. The smallest absolute Gasteiger partial charge is 0.269 e. The van der Waals surface area contributed by atoms with Crippen LogP contribution in [0, 0.1) is 10.1 Å². The van der Waals surface area contributed by atoms with E-state index in [1.54, 1.807) is 0 Å². The van der Waals surface area contributed by atoms with Crippen LogP contribution in [-0.4, -0.2) is 67.3 Å². The second-order valence-corrected chi connectivity index (χ2v) is 4.34. The van der Waals surface area contributed by atoms with E-state index in [0.29, 0.717) is 0 Å². The maximum absolute atomic E-state index is 11.8. The summed E-state index contributed by atoms with van der Waals surface area (Å²) >= 11 is 0. The second-order valence-electron chi connectivity index (χ2n) is 4.34. The number of carbonyl (C=O) groups is 1. The van der Waals surface area contributed by atoms with Crippen LogP contribution in [0.2, 0.25) is 0 Å². The van der Waals surface area contributed by atoms with Crippen molar-refractivity contribution in [2.45, 2.75) is 24.4 Å². The highest BCUT2D eigenvalue weighted by Gasteiger charge is 2.34. The molecule has 0 aromatic heterocycles. The van der Waals surface area contributed by atoms with E-state index in [9.17, 15) is 30.2 Å². The molecule has 1 aromatic rings. The van der Waals surface area contributed by atoms with Crippen LogP contribution >= 0.6 is 0 Å².